The summed E-state index contributed by atoms with van der Waals surface area (Å²) < 4.78 is 59.0. The maximum Gasteiger partial charge on any atom is 0.407 e. The third-order valence-corrected chi connectivity index (χ3v) is 5.92. The number of alkyl carbamates (subject to hydrolysis) is 1. The minimum atomic E-state index is -4.14. The first-order valence-electron chi connectivity index (χ1n) is 8.44. The molecule has 0 aromatic heterocycles. The van der Waals surface area contributed by atoms with Crippen LogP contribution >= 0.6 is 0 Å². The van der Waals surface area contributed by atoms with Gasteiger partial charge in [0.2, 0.25) is 10.0 Å². The van der Waals surface area contributed by atoms with Crippen LogP contribution in [0.25, 0.3) is 0 Å². The van der Waals surface area contributed by atoms with E-state index in [9.17, 15) is 22.0 Å². The number of hydrogen-bond donors (Lipinski definition) is 1. The number of carbonyl (C=O) groups is 1. The first-order valence-corrected chi connectivity index (χ1v) is 9.88. The van der Waals surface area contributed by atoms with Crippen LogP contribution in [0.15, 0.2) is 23.1 Å². The fourth-order valence-corrected chi connectivity index (χ4v) is 4.56. The Labute approximate surface area is 152 Å². The van der Waals surface area contributed by atoms with Crippen molar-refractivity contribution in [1.29, 1.82) is 0 Å². The van der Waals surface area contributed by atoms with Gasteiger partial charge >= 0.3 is 6.09 Å². The molecule has 146 valence electrons. The van der Waals surface area contributed by atoms with Crippen molar-refractivity contribution in [3.05, 3.63) is 29.8 Å². The molecule has 0 radical (unpaired) electrons. The monoisotopic (exact) mass is 390 g/mol. The quantitative estimate of drug-likeness (QED) is 0.857. The number of nitrogens with one attached hydrogen (secondary N) is 1. The van der Waals surface area contributed by atoms with Crippen molar-refractivity contribution in [2.24, 2.45) is 0 Å². The average molecular weight is 390 g/mol. The van der Waals surface area contributed by atoms with Crippen LogP contribution in [-0.2, 0) is 14.8 Å². The summed E-state index contributed by atoms with van der Waals surface area (Å²) in [6, 6.07) is 1.86. The highest BCUT2D eigenvalue weighted by Crippen LogP contribution is 2.27. The van der Waals surface area contributed by atoms with Crippen LogP contribution in [0.5, 0.6) is 0 Å². The fourth-order valence-electron chi connectivity index (χ4n) is 2.82. The second kappa shape index (κ2) is 7.87. The molecule has 1 saturated heterocycles. The first-order chi connectivity index (χ1) is 12.0. The van der Waals surface area contributed by atoms with E-state index in [1.807, 2.05) is 0 Å². The van der Waals surface area contributed by atoms with Gasteiger partial charge in [0.25, 0.3) is 0 Å². The van der Waals surface area contributed by atoms with Crippen molar-refractivity contribution < 1.29 is 26.7 Å². The number of hydrogen-bond acceptors (Lipinski definition) is 4. The van der Waals surface area contributed by atoms with Crippen molar-refractivity contribution >= 4 is 16.1 Å². The van der Waals surface area contributed by atoms with E-state index in [1.165, 1.54) is 4.31 Å². The Kier molecular flexibility index (Phi) is 6.23. The van der Waals surface area contributed by atoms with Crippen LogP contribution in [0.1, 0.15) is 40.0 Å². The molecule has 9 heteroatoms. The van der Waals surface area contributed by atoms with Crippen LogP contribution in [0.2, 0.25) is 0 Å². The number of amides is 1. The van der Waals surface area contributed by atoms with E-state index in [1.54, 1.807) is 20.8 Å². The van der Waals surface area contributed by atoms with E-state index < -0.39 is 44.3 Å². The van der Waals surface area contributed by atoms with E-state index in [0.717, 1.165) is 18.6 Å². The highest BCUT2D eigenvalue weighted by atomic mass is 32.2. The lowest BCUT2D eigenvalue weighted by Gasteiger charge is -2.35. The number of carbonyl (C=O) groups excluding carboxylic acids is 1. The zero-order chi connectivity index (χ0) is 19.5. The van der Waals surface area contributed by atoms with Gasteiger partial charge < -0.3 is 10.1 Å². The summed E-state index contributed by atoms with van der Waals surface area (Å²) in [5, 5.41) is 2.57. The molecule has 1 N–H and O–H groups in total. The molecular weight excluding hydrogens is 366 g/mol. The van der Waals surface area contributed by atoms with Crippen LogP contribution in [0, 0.1) is 11.6 Å². The maximum atomic E-state index is 14.0. The molecule has 1 aromatic carbocycles. The van der Waals surface area contributed by atoms with Gasteiger partial charge in [-0.15, -0.1) is 0 Å². The van der Waals surface area contributed by atoms with E-state index in [2.05, 4.69) is 5.32 Å². The lowest BCUT2D eigenvalue weighted by atomic mass is 10.1. The molecule has 2 rings (SSSR count). The van der Waals surface area contributed by atoms with Gasteiger partial charge in [0.05, 0.1) is 0 Å². The minimum absolute atomic E-state index is 0.0525. The number of ether oxygens (including phenoxy) is 1. The molecule has 1 aromatic rings. The lowest BCUT2D eigenvalue weighted by Crippen LogP contribution is -2.50. The zero-order valence-electron chi connectivity index (χ0n) is 15.1. The number of halogens is 2. The number of benzene rings is 1. The number of sulfonamides is 1. The second-order valence-electron chi connectivity index (χ2n) is 7.22. The predicted octanol–water partition coefficient (Wildman–Crippen LogP) is 3.03. The van der Waals surface area contributed by atoms with Gasteiger partial charge in [0.15, 0.2) is 0 Å². The first kappa shape index (κ1) is 20.6. The fraction of sp³-hybridized carbons (Fsp3) is 0.588. The average Bonchev–Trinajstić information content (AvgIpc) is 2.51. The summed E-state index contributed by atoms with van der Waals surface area (Å²) in [6.07, 6.45) is 1.30. The number of rotatable bonds is 4. The van der Waals surface area contributed by atoms with Gasteiger partial charge in [-0.05, 0) is 45.7 Å². The van der Waals surface area contributed by atoms with Crippen molar-refractivity contribution in [3.63, 3.8) is 0 Å². The smallest absolute Gasteiger partial charge is 0.407 e. The molecule has 0 spiro atoms. The highest BCUT2D eigenvalue weighted by molar-refractivity contribution is 7.89. The molecule has 6 nitrogen and oxygen atoms in total. The maximum absolute atomic E-state index is 14.0. The molecule has 0 bridgehead atoms. The summed E-state index contributed by atoms with van der Waals surface area (Å²) in [6.45, 7) is 5.43. The third kappa shape index (κ3) is 5.14. The molecule has 1 aliphatic heterocycles. The van der Waals surface area contributed by atoms with Gasteiger partial charge in [-0.3, -0.25) is 0 Å². The van der Waals surface area contributed by atoms with Crippen molar-refractivity contribution in [2.75, 3.05) is 13.1 Å². The number of nitrogens with zero attached hydrogens (tertiary/aromatic N) is 1. The normalized spacial score (nSPS) is 19.2. The van der Waals surface area contributed by atoms with Crippen LogP contribution in [-0.4, -0.2) is 43.5 Å². The zero-order valence-corrected chi connectivity index (χ0v) is 15.9. The van der Waals surface area contributed by atoms with Gasteiger partial charge in [0, 0.05) is 25.2 Å². The van der Waals surface area contributed by atoms with Crippen molar-refractivity contribution in [2.45, 2.75) is 56.6 Å². The summed E-state index contributed by atoms with van der Waals surface area (Å²) in [5.74, 6) is -1.97. The molecule has 1 fully saturated rings. The summed E-state index contributed by atoms with van der Waals surface area (Å²) in [7, 11) is -4.14. The van der Waals surface area contributed by atoms with E-state index in [-0.39, 0.29) is 13.1 Å². The Morgan fingerprint density at radius 3 is 2.62 bits per heavy atom. The van der Waals surface area contributed by atoms with Crippen molar-refractivity contribution in [3.8, 4) is 0 Å². The summed E-state index contributed by atoms with van der Waals surface area (Å²) in [5.41, 5.74) is -0.667. The molecule has 0 saturated carbocycles. The van der Waals surface area contributed by atoms with Crippen molar-refractivity contribution in [1.82, 2.24) is 9.62 Å². The summed E-state index contributed by atoms with van der Waals surface area (Å²) in [4.78, 5) is 11.2. The van der Waals surface area contributed by atoms with Gasteiger partial charge in [0.1, 0.15) is 22.1 Å². The van der Waals surface area contributed by atoms with E-state index in [4.69, 9.17) is 4.74 Å². The molecule has 1 unspecified atom stereocenters. The largest absolute Gasteiger partial charge is 0.444 e. The molecule has 1 atom stereocenters. The number of piperidine rings is 1. The Hall–Kier alpha value is -1.74. The Balaban J connectivity index is 2.16. The Morgan fingerprint density at radius 2 is 2.00 bits per heavy atom. The molecule has 1 amide bonds. The standard InChI is InChI=1S/C17H24F2N2O4S/c1-17(2,3)25-16(22)20-11-13-6-4-5-9-21(13)26(23,24)15-8-7-12(18)10-14(15)19/h7-8,10,13H,4-6,9,11H2,1-3H3,(H,20,22). The van der Waals surface area contributed by atoms with Gasteiger partial charge in [-0.25, -0.2) is 22.0 Å². The predicted molar refractivity (Wildman–Crippen MR) is 92.1 cm³/mol. The molecule has 1 heterocycles. The molecular formula is C17H24F2N2O4S. The lowest BCUT2D eigenvalue weighted by molar-refractivity contribution is 0.0512. The highest BCUT2D eigenvalue weighted by Gasteiger charge is 2.35. The minimum Gasteiger partial charge on any atom is -0.444 e. The molecule has 26 heavy (non-hydrogen) atoms. The van der Waals surface area contributed by atoms with Gasteiger partial charge in [-0.1, -0.05) is 6.42 Å². The topological polar surface area (TPSA) is 75.7 Å². The second-order valence-corrected chi connectivity index (χ2v) is 9.08. The Morgan fingerprint density at radius 1 is 1.31 bits per heavy atom. The van der Waals surface area contributed by atoms with E-state index in [0.29, 0.717) is 18.9 Å². The SMILES string of the molecule is CC(C)(C)OC(=O)NCC1CCCCN1S(=O)(=O)c1ccc(F)cc1F. The molecule has 0 aliphatic carbocycles. The van der Waals surface area contributed by atoms with E-state index >= 15 is 0 Å². The van der Waals surface area contributed by atoms with Gasteiger partial charge in [-0.2, -0.15) is 4.31 Å². The Bertz CT molecular complexity index is 763. The third-order valence-electron chi connectivity index (χ3n) is 3.93. The van der Waals surface area contributed by atoms with Crippen LogP contribution in [0.3, 0.4) is 0 Å². The summed E-state index contributed by atoms with van der Waals surface area (Å²) >= 11 is 0. The molecule has 1 aliphatic rings. The van der Waals surface area contributed by atoms with Crippen LogP contribution < -0.4 is 5.32 Å². The van der Waals surface area contributed by atoms with Crippen LogP contribution in [0.4, 0.5) is 13.6 Å².